The Morgan fingerprint density at radius 2 is 1.38 bits per heavy atom. The van der Waals surface area contributed by atoms with E-state index in [9.17, 15) is 0 Å². The van der Waals surface area contributed by atoms with Crippen molar-refractivity contribution in [2.75, 3.05) is 14.2 Å². The fraction of sp³-hybridized carbons (Fsp3) is 0.0800. The minimum atomic E-state index is 0.678. The topological polar surface area (TPSA) is 31.4 Å². The van der Waals surface area contributed by atoms with Crippen LogP contribution >= 0.6 is 11.6 Å². The van der Waals surface area contributed by atoms with Crippen molar-refractivity contribution in [2.24, 2.45) is 0 Å². The summed E-state index contributed by atoms with van der Waals surface area (Å²) in [6, 6.07) is 24.4. The lowest BCUT2D eigenvalue weighted by molar-refractivity contribution is 0.356. The van der Waals surface area contributed by atoms with Crippen molar-refractivity contribution >= 4 is 44.0 Å². The van der Waals surface area contributed by atoms with E-state index in [4.69, 9.17) is 26.1 Å². The van der Waals surface area contributed by atoms with Crippen LogP contribution in [0.4, 0.5) is 0 Å². The summed E-state index contributed by atoms with van der Waals surface area (Å²) in [5, 5.41) is 6.14. The second kappa shape index (κ2) is 6.94. The third kappa shape index (κ3) is 2.86. The molecule has 1 heterocycles. The molecule has 0 N–H and O–H groups in total. The van der Waals surface area contributed by atoms with Gasteiger partial charge in [-0.15, -0.1) is 0 Å². The molecule has 0 atom stereocenters. The average molecular weight is 400 g/mol. The predicted octanol–water partition coefficient (Wildman–Crippen LogP) is 6.88. The zero-order valence-electron chi connectivity index (χ0n) is 16.1. The number of hydrogen-bond acceptors (Lipinski definition) is 3. The van der Waals surface area contributed by atoms with Crippen LogP contribution in [0.2, 0.25) is 5.02 Å². The number of halogens is 1. The fourth-order valence-electron chi connectivity index (χ4n) is 3.89. The molecule has 3 nitrogen and oxygen atoms in total. The summed E-state index contributed by atoms with van der Waals surface area (Å²) in [7, 11) is 3.30. The highest BCUT2D eigenvalue weighted by atomic mass is 35.5. The van der Waals surface area contributed by atoms with Crippen molar-refractivity contribution in [3.8, 4) is 22.8 Å². The first kappa shape index (κ1) is 17.8. The van der Waals surface area contributed by atoms with Crippen molar-refractivity contribution in [2.45, 2.75) is 0 Å². The molecule has 0 radical (unpaired) electrons. The highest BCUT2D eigenvalue weighted by Gasteiger charge is 2.16. The number of methoxy groups -OCH3 is 2. The van der Waals surface area contributed by atoms with Gasteiger partial charge in [0, 0.05) is 26.7 Å². The number of pyridine rings is 1. The van der Waals surface area contributed by atoms with Gasteiger partial charge < -0.3 is 9.47 Å². The summed E-state index contributed by atoms with van der Waals surface area (Å²) >= 11 is 6.12. The number of hydrogen-bond donors (Lipinski definition) is 0. The minimum absolute atomic E-state index is 0.678. The SMILES string of the molecule is COc1cc2c(-c3ccc(Cl)cc3)nc3c4ccccc4ccc3c2cc1OC. The standard InChI is InChI=1S/C25H18ClNO2/c1-28-22-13-20-19-12-9-15-5-3-4-6-18(15)25(19)27-24(21(20)14-23(22)29-2)16-7-10-17(26)11-8-16/h3-14H,1-2H3. The Morgan fingerprint density at radius 1 is 0.690 bits per heavy atom. The first-order valence-corrected chi connectivity index (χ1v) is 9.70. The normalized spacial score (nSPS) is 11.3. The van der Waals surface area contributed by atoms with E-state index in [0.717, 1.165) is 43.7 Å². The maximum absolute atomic E-state index is 6.12. The van der Waals surface area contributed by atoms with Crippen LogP contribution in [-0.2, 0) is 0 Å². The molecule has 0 bridgehead atoms. The van der Waals surface area contributed by atoms with Crippen molar-refractivity contribution in [3.05, 3.63) is 77.8 Å². The van der Waals surface area contributed by atoms with Gasteiger partial charge in [-0.25, -0.2) is 4.98 Å². The first-order valence-electron chi connectivity index (χ1n) is 9.33. The molecule has 4 heteroatoms. The van der Waals surface area contributed by atoms with E-state index < -0.39 is 0 Å². The van der Waals surface area contributed by atoms with Crippen molar-refractivity contribution in [3.63, 3.8) is 0 Å². The van der Waals surface area contributed by atoms with E-state index in [2.05, 4.69) is 24.3 Å². The molecule has 0 saturated heterocycles. The Bertz CT molecular complexity index is 1380. The van der Waals surface area contributed by atoms with Crippen LogP contribution in [-0.4, -0.2) is 19.2 Å². The number of ether oxygens (including phenoxy) is 2. The van der Waals surface area contributed by atoms with Crippen LogP contribution in [0.3, 0.4) is 0 Å². The zero-order chi connectivity index (χ0) is 20.0. The van der Waals surface area contributed by atoms with Gasteiger partial charge in [0.25, 0.3) is 0 Å². The molecule has 4 aromatic carbocycles. The number of aromatic nitrogens is 1. The Hall–Kier alpha value is -3.30. The molecule has 0 saturated carbocycles. The molecule has 29 heavy (non-hydrogen) atoms. The molecule has 0 fully saturated rings. The molecule has 0 amide bonds. The zero-order valence-corrected chi connectivity index (χ0v) is 16.8. The molecule has 0 aliphatic rings. The van der Waals surface area contributed by atoms with Gasteiger partial charge in [0.2, 0.25) is 0 Å². The fourth-order valence-corrected chi connectivity index (χ4v) is 4.02. The van der Waals surface area contributed by atoms with E-state index in [1.807, 2.05) is 48.5 Å². The molecule has 0 aliphatic carbocycles. The van der Waals surface area contributed by atoms with Gasteiger partial charge in [-0.2, -0.15) is 0 Å². The number of fused-ring (bicyclic) bond motifs is 5. The molecule has 0 unspecified atom stereocenters. The quantitative estimate of drug-likeness (QED) is 0.310. The van der Waals surface area contributed by atoms with Crippen LogP contribution in [0.25, 0.3) is 43.7 Å². The highest BCUT2D eigenvalue weighted by Crippen LogP contribution is 2.41. The summed E-state index contributed by atoms with van der Waals surface area (Å²) in [5.41, 5.74) is 2.86. The molecule has 1 aromatic heterocycles. The van der Waals surface area contributed by atoms with Crippen molar-refractivity contribution in [1.82, 2.24) is 4.98 Å². The Labute approximate surface area is 173 Å². The molecular weight excluding hydrogens is 382 g/mol. The number of rotatable bonds is 3. The summed E-state index contributed by atoms with van der Waals surface area (Å²) in [5.74, 6) is 1.37. The van der Waals surface area contributed by atoms with Gasteiger partial charge in [0.05, 0.1) is 25.4 Å². The molecule has 5 rings (SSSR count). The van der Waals surface area contributed by atoms with Crippen LogP contribution in [0, 0.1) is 0 Å². The Balaban J connectivity index is 1.98. The number of benzene rings is 4. The van der Waals surface area contributed by atoms with E-state index in [1.54, 1.807) is 14.2 Å². The lowest BCUT2D eigenvalue weighted by Crippen LogP contribution is -1.95. The third-order valence-electron chi connectivity index (χ3n) is 5.31. The molecule has 5 aromatic rings. The van der Waals surface area contributed by atoms with Gasteiger partial charge in [-0.1, -0.05) is 60.1 Å². The third-order valence-corrected chi connectivity index (χ3v) is 5.56. The van der Waals surface area contributed by atoms with Gasteiger partial charge in [0.15, 0.2) is 11.5 Å². The summed E-state index contributed by atoms with van der Waals surface area (Å²) in [4.78, 5) is 5.12. The van der Waals surface area contributed by atoms with Crippen molar-refractivity contribution < 1.29 is 9.47 Å². The maximum Gasteiger partial charge on any atom is 0.161 e. The lowest BCUT2D eigenvalue weighted by atomic mass is 9.97. The smallest absolute Gasteiger partial charge is 0.161 e. The Morgan fingerprint density at radius 3 is 2.10 bits per heavy atom. The van der Waals surface area contributed by atoms with E-state index in [0.29, 0.717) is 16.5 Å². The Kier molecular flexibility index (Phi) is 4.26. The predicted molar refractivity (Wildman–Crippen MR) is 120 cm³/mol. The monoisotopic (exact) mass is 399 g/mol. The van der Waals surface area contributed by atoms with Crippen LogP contribution < -0.4 is 9.47 Å². The van der Waals surface area contributed by atoms with Gasteiger partial charge in [-0.05, 0) is 35.0 Å². The van der Waals surface area contributed by atoms with Crippen LogP contribution in [0.5, 0.6) is 11.5 Å². The largest absolute Gasteiger partial charge is 0.493 e. The second-order valence-corrected chi connectivity index (χ2v) is 7.34. The van der Waals surface area contributed by atoms with Gasteiger partial charge >= 0.3 is 0 Å². The van der Waals surface area contributed by atoms with Crippen molar-refractivity contribution in [1.29, 1.82) is 0 Å². The van der Waals surface area contributed by atoms with E-state index in [-0.39, 0.29) is 0 Å². The van der Waals surface area contributed by atoms with Gasteiger partial charge in [-0.3, -0.25) is 0 Å². The van der Waals surface area contributed by atoms with Gasteiger partial charge in [0.1, 0.15) is 0 Å². The van der Waals surface area contributed by atoms with E-state index in [1.165, 1.54) is 0 Å². The maximum atomic E-state index is 6.12. The average Bonchev–Trinajstić information content (AvgIpc) is 2.77. The molecule has 142 valence electrons. The van der Waals surface area contributed by atoms with Crippen LogP contribution in [0.1, 0.15) is 0 Å². The summed E-state index contributed by atoms with van der Waals surface area (Å²) < 4.78 is 11.1. The molecule has 0 spiro atoms. The minimum Gasteiger partial charge on any atom is -0.493 e. The second-order valence-electron chi connectivity index (χ2n) is 6.90. The summed E-state index contributed by atoms with van der Waals surface area (Å²) in [6.45, 7) is 0. The number of nitrogens with zero attached hydrogens (tertiary/aromatic N) is 1. The van der Waals surface area contributed by atoms with Crippen LogP contribution in [0.15, 0.2) is 72.8 Å². The lowest BCUT2D eigenvalue weighted by Gasteiger charge is -2.15. The molecular formula is C25H18ClNO2. The first-order chi connectivity index (χ1) is 14.2. The molecule has 0 aliphatic heterocycles. The summed E-state index contributed by atoms with van der Waals surface area (Å²) in [6.07, 6.45) is 0. The van der Waals surface area contributed by atoms with E-state index >= 15 is 0 Å². The highest BCUT2D eigenvalue weighted by molar-refractivity contribution is 6.30.